The standard InChI is InChI=1S/C21H26N2O6/c1-5-29-21(26)13-7-6-8-23(11-13)20(25)16-12-22(2)19(24)15-10-18(28-4)17(27-3)9-14(15)16/h9-10,12-13H,5-8,11H2,1-4H3/t13-/m1/s1. The molecule has 29 heavy (non-hydrogen) atoms. The van der Waals surface area contributed by atoms with Crippen molar-refractivity contribution in [3.8, 4) is 11.5 Å². The van der Waals surface area contributed by atoms with Crippen LogP contribution in [0.5, 0.6) is 11.5 Å². The number of hydrogen-bond acceptors (Lipinski definition) is 6. The zero-order chi connectivity index (χ0) is 21.1. The molecule has 8 heteroatoms. The first kappa shape index (κ1) is 20.7. The molecule has 1 aromatic heterocycles. The van der Waals surface area contributed by atoms with Crippen LogP contribution in [0.2, 0.25) is 0 Å². The van der Waals surface area contributed by atoms with Gasteiger partial charge in [0.25, 0.3) is 11.5 Å². The number of hydrogen-bond donors (Lipinski definition) is 0. The van der Waals surface area contributed by atoms with E-state index in [1.807, 2.05) is 0 Å². The van der Waals surface area contributed by atoms with Gasteiger partial charge in [-0.1, -0.05) is 0 Å². The van der Waals surface area contributed by atoms with Crippen molar-refractivity contribution in [1.29, 1.82) is 0 Å². The predicted octanol–water partition coefficient (Wildman–Crippen LogP) is 1.97. The van der Waals surface area contributed by atoms with Crippen molar-refractivity contribution in [2.75, 3.05) is 33.9 Å². The van der Waals surface area contributed by atoms with Crippen molar-refractivity contribution in [3.05, 3.63) is 34.2 Å². The lowest BCUT2D eigenvalue weighted by Crippen LogP contribution is -2.43. The molecule has 8 nitrogen and oxygen atoms in total. The maximum Gasteiger partial charge on any atom is 0.310 e. The summed E-state index contributed by atoms with van der Waals surface area (Å²) in [6, 6.07) is 3.24. The highest BCUT2D eigenvalue weighted by Crippen LogP contribution is 2.33. The molecule has 1 amide bonds. The van der Waals surface area contributed by atoms with Crippen LogP contribution < -0.4 is 15.0 Å². The van der Waals surface area contributed by atoms with Crippen LogP contribution in [-0.4, -0.2) is 55.3 Å². The average Bonchev–Trinajstić information content (AvgIpc) is 2.75. The highest BCUT2D eigenvalue weighted by atomic mass is 16.5. The first-order valence-corrected chi connectivity index (χ1v) is 9.62. The van der Waals surface area contributed by atoms with Gasteiger partial charge in [0.05, 0.1) is 37.7 Å². The lowest BCUT2D eigenvalue weighted by molar-refractivity contribution is -0.149. The Bertz CT molecular complexity index is 997. The third-order valence-corrected chi connectivity index (χ3v) is 5.25. The van der Waals surface area contributed by atoms with Crippen LogP contribution in [0, 0.1) is 5.92 Å². The molecule has 0 radical (unpaired) electrons. The van der Waals surface area contributed by atoms with Gasteiger partial charge in [-0.2, -0.15) is 0 Å². The van der Waals surface area contributed by atoms with Gasteiger partial charge in [0.15, 0.2) is 11.5 Å². The second-order valence-electron chi connectivity index (χ2n) is 7.05. The Morgan fingerprint density at radius 2 is 1.79 bits per heavy atom. The van der Waals surface area contributed by atoms with Crippen LogP contribution >= 0.6 is 0 Å². The van der Waals surface area contributed by atoms with E-state index in [-0.39, 0.29) is 23.4 Å². The molecule has 0 N–H and O–H groups in total. The Morgan fingerprint density at radius 1 is 1.14 bits per heavy atom. The fraction of sp³-hybridized carbons (Fsp3) is 0.476. The number of nitrogens with zero attached hydrogens (tertiary/aromatic N) is 2. The Kier molecular flexibility index (Phi) is 6.10. The number of ether oxygens (including phenoxy) is 3. The third kappa shape index (κ3) is 3.92. The molecule has 0 aliphatic carbocycles. The number of aryl methyl sites for hydroxylation is 1. The van der Waals surface area contributed by atoms with Crippen LogP contribution in [0.1, 0.15) is 30.1 Å². The Hall–Kier alpha value is -3.03. The second kappa shape index (κ2) is 8.55. The second-order valence-corrected chi connectivity index (χ2v) is 7.05. The Balaban J connectivity index is 2.04. The first-order chi connectivity index (χ1) is 13.9. The molecule has 1 saturated heterocycles. The molecule has 1 fully saturated rings. The van der Waals surface area contributed by atoms with E-state index in [9.17, 15) is 14.4 Å². The summed E-state index contributed by atoms with van der Waals surface area (Å²) in [6.45, 7) is 2.93. The highest BCUT2D eigenvalue weighted by molar-refractivity contribution is 6.07. The number of amides is 1. The van der Waals surface area contributed by atoms with Gasteiger partial charge in [-0.05, 0) is 31.9 Å². The molecule has 1 aliphatic rings. The largest absolute Gasteiger partial charge is 0.493 e. The van der Waals surface area contributed by atoms with E-state index in [0.29, 0.717) is 54.0 Å². The van der Waals surface area contributed by atoms with E-state index in [4.69, 9.17) is 14.2 Å². The van der Waals surface area contributed by atoms with Crippen molar-refractivity contribution < 1.29 is 23.8 Å². The lowest BCUT2D eigenvalue weighted by atomic mass is 9.97. The van der Waals surface area contributed by atoms with Gasteiger partial charge >= 0.3 is 5.97 Å². The zero-order valence-electron chi connectivity index (χ0n) is 17.2. The summed E-state index contributed by atoms with van der Waals surface area (Å²) in [5, 5.41) is 0.865. The van der Waals surface area contributed by atoms with Gasteiger partial charge in [0, 0.05) is 31.7 Å². The molecule has 3 rings (SSSR count). The van der Waals surface area contributed by atoms with Gasteiger partial charge < -0.3 is 23.7 Å². The number of methoxy groups -OCH3 is 2. The van der Waals surface area contributed by atoms with Crippen molar-refractivity contribution in [1.82, 2.24) is 9.47 Å². The van der Waals surface area contributed by atoms with E-state index in [1.54, 1.807) is 31.0 Å². The molecular weight excluding hydrogens is 376 g/mol. The minimum atomic E-state index is -0.332. The summed E-state index contributed by atoms with van der Waals surface area (Å²) in [5.41, 5.74) is 0.146. The number of benzene rings is 1. The van der Waals surface area contributed by atoms with Crippen molar-refractivity contribution >= 4 is 22.6 Å². The van der Waals surface area contributed by atoms with Crippen LogP contribution in [0.25, 0.3) is 10.8 Å². The van der Waals surface area contributed by atoms with Gasteiger partial charge in [0.2, 0.25) is 0 Å². The van der Waals surface area contributed by atoms with E-state index in [2.05, 4.69) is 0 Å². The molecule has 2 aromatic rings. The quantitative estimate of drug-likeness (QED) is 0.711. The van der Waals surface area contributed by atoms with Gasteiger partial charge in [-0.3, -0.25) is 14.4 Å². The molecule has 0 unspecified atom stereocenters. The smallest absolute Gasteiger partial charge is 0.310 e. The molecular formula is C21H26N2O6. The molecule has 156 valence electrons. The molecule has 1 aliphatic heterocycles. The SMILES string of the molecule is CCOC(=O)[C@@H]1CCCN(C(=O)c2cn(C)c(=O)c3cc(OC)c(OC)cc23)C1. The van der Waals surface area contributed by atoms with Crippen molar-refractivity contribution in [2.24, 2.45) is 13.0 Å². The molecule has 0 spiro atoms. The summed E-state index contributed by atoms with van der Waals surface area (Å²) in [5.74, 6) is 0.0158. The van der Waals surface area contributed by atoms with Crippen molar-refractivity contribution in [3.63, 3.8) is 0 Å². The monoisotopic (exact) mass is 402 g/mol. The maximum absolute atomic E-state index is 13.3. The zero-order valence-corrected chi connectivity index (χ0v) is 17.2. The first-order valence-electron chi connectivity index (χ1n) is 9.62. The number of piperidine rings is 1. The summed E-state index contributed by atoms with van der Waals surface area (Å²) < 4.78 is 17.2. The minimum Gasteiger partial charge on any atom is -0.493 e. The van der Waals surface area contributed by atoms with Gasteiger partial charge in [-0.15, -0.1) is 0 Å². The molecule has 0 saturated carbocycles. The fourth-order valence-corrected chi connectivity index (χ4v) is 3.75. The number of esters is 1. The summed E-state index contributed by atoms with van der Waals surface area (Å²) in [7, 11) is 4.60. The van der Waals surface area contributed by atoms with Crippen LogP contribution in [0.4, 0.5) is 0 Å². The normalized spacial score (nSPS) is 16.6. The van der Waals surface area contributed by atoms with E-state index >= 15 is 0 Å². The number of fused-ring (bicyclic) bond motifs is 1. The van der Waals surface area contributed by atoms with Gasteiger partial charge in [0.1, 0.15) is 0 Å². The Labute approximate surface area is 169 Å². The third-order valence-electron chi connectivity index (χ3n) is 5.25. The number of likely N-dealkylation sites (tertiary alicyclic amines) is 1. The summed E-state index contributed by atoms with van der Waals surface area (Å²) in [6.07, 6.45) is 2.95. The topological polar surface area (TPSA) is 87.1 Å². The van der Waals surface area contributed by atoms with Crippen LogP contribution in [-0.2, 0) is 16.6 Å². The number of aromatic nitrogens is 1. The molecule has 1 aromatic carbocycles. The van der Waals surface area contributed by atoms with E-state index < -0.39 is 0 Å². The van der Waals surface area contributed by atoms with Gasteiger partial charge in [-0.25, -0.2) is 0 Å². The molecule has 2 heterocycles. The molecule has 1 atom stereocenters. The number of pyridine rings is 1. The fourth-order valence-electron chi connectivity index (χ4n) is 3.75. The maximum atomic E-state index is 13.3. The number of carbonyl (C=O) groups is 2. The number of rotatable bonds is 5. The lowest BCUT2D eigenvalue weighted by Gasteiger charge is -2.32. The highest BCUT2D eigenvalue weighted by Gasteiger charge is 2.31. The van der Waals surface area contributed by atoms with Crippen LogP contribution in [0.15, 0.2) is 23.1 Å². The summed E-state index contributed by atoms with van der Waals surface area (Å²) >= 11 is 0. The number of carbonyl (C=O) groups excluding carboxylic acids is 2. The minimum absolute atomic E-state index is 0.230. The average molecular weight is 402 g/mol. The van der Waals surface area contributed by atoms with E-state index in [0.717, 1.165) is 6.42 Å². The summed E-state index contributed by atoms with van der Waals surface area (Å²) in [4.78, 5) is 39.8. The Morgan fingerprint density at radius 3 is 2.41 bits per heavy atom. The van der Waals surface area contributed by atoms with Crippen LogP contribution in [0.3, 0.4) is 0 Å². The van der Waals surface area contributed by atoms with Crippen molar-refractivity contribution in [2.45, 2.75) is 19.8 Å². The molecule has 0 bridgehead atoms. The van der Waals surface area contributed by atoms with E-state index in [1.165, 1.54) is 25.0 Å². The predicted molar refractivity (Wildman–Crippen MR) is 108 cm³/mol.